The average molecular weight is 380 g/mol. The first kappa shape index (κ1) is 17.5. The molecule has 0 fully saturated rings. The number of hydrogen-bond acceptors (Lipinski definition) is 6. The fraction of sp³-hybridized carbons (Fsp3) is 0.238. The molecule has 0 atom stereocenters. The summed E-state index contributed by atoms with van der Waals surface area (Å²) >= 11 is 1.56. The molecule has 27 heavy (non-hydrogen) atoms. The van der Waals surface area contributed by atoms with Gasteiger partial charge in [0.05, 0.1) is 5.69 Å². The molecule has 1 aliphatic rings. The maximum absolute atomic E-state index is 6.22. The van der Waals surface area contributed by atoms with Crippen molar-refractivity contribution in [2.75, 3.05) is 18.4 Å². The minimum atomic E-state index is 0.793. The predicted octanol–water partition coefficient (Wildman–Crippen LogP) is 4.98. The van der Waals surface area contributed by atoms with E-state index in [-0.39, 0.29) is 0 Å². The predicted molar refractivity (Wildman–Crippen MR) is 112 cm³/mol. The monoisotopic (exact) mass is 380 g/mol. The second-order valence-electron chi connectivity index (χ2n) is 6.54. The molecule has 2 N–H and O–H groups in total. The minimum absolute atomic E-state index is 0.793. The molecule has 1 aromatic heterocycles. The Balaban J connectivity index is 1.58. The van der Waals surface area contributed by atoms with Crippen LogP contribution in [0, 0.1) is 13.8 Å². The second-order valence-corrected chi connectivity index (χ2v) is 7.40. The highest BCUT2D eigenvalue weighted by Crippen LogP contribution is 2.35. The van der Waals surface area contributed by atoms with Crippen molar-refractivity contribution >= 4 is 22.4 Å². The van der Waals surface area contributed by atoms with Crippen LogP contribution in [0.3, 0.4) is 0 Å². The topological polar surface area (TPSA) is 58.5 Å². The molecule has 3 aromatic rings. The van der Waals surface area contributed by atoms with Gasteiger partial charge in [0.1, 0.15) is 11.5 Å². The van der Waals surface area contributed by atoms with E-state index in [0.717, 1.165) is 58.9 Å². The Bertz CT molecular complexity index is 980. The Morgan fingerprint density at radius 2 is 2.04 bits per heavy atom. The number of rotatable bonds is 4. The molecule has 0 spiro atoms. The van der Waals surface area contributed by atoms with Crippen molar-refractivity contribution in [1.29, 1.82) is 0 Å². The van der Waals surface area contributed by atoms with E-state index in [1.807, 2.05) is 35.7 Å². The molecule has 0 bridgehead atoms. The lowest BCUT2D eigenvalue weighted by atomic mass is 10.1. The number of thiazole rings is 1. The number of nitrogens with zero attached hydrogens (tertiary/aromatic N) is 2. The van der Waals surface area contributed by atoms with E-state index in [4.69, 9.17) is 9.72 Å². The lowest BCUT2D eigenvalue weighted by Crippen LogP contribution is -2.35. The van der Waals surface area contributed by atoms with Gasteiger partial charge in [-0.05, 0) is 44.0 Å². The molecule has 1 aliphatic heterocycles. The zero-order valence-electron chi connectivity index (χ0n) is 15.5. The largest absolute Gasteiger partial charge is 0.456 e. The van der Waals surface area contributed by atoms with E-state index < -0.39 is 0 Å². The van der Waals surface area contributed by atoms with Crippen molar-refractivity contribution in [3.63, 3.8) is 0 Å². The van der Waals surface area contributed by atoms with Crippen LogP contribution in [0.25, 0.3) is 11.3 Å². The first-order chi connectivity index (χ1) is 13.2. The molecule has 0 aliphatic carbocycles. The van der Waals surface area contributed by atoms with Gasteiger partial charge in [-0.3, -0.25) is 4.99 Å². The van der Waals surface area contributed by atoms with Gasteiger partial charge in [0.15, 0.2) is 11.1 Å². The number of aromatic nitrogens is 1. The molecule has 4 rings (SSSR count). The van der Waals surface area contributed by atoms with Crippen LogP contribution >= 0.6 is 11.3 Å². The number of aryl methyl sites for hydroxylation is 2. The Morgan fingerprint density at radius 1 is 1.15 bits per heavy atom. The maximum Gasteiger partial charge on any atom is 0.197 e. The van der Waals surface area contributed by atoms with Crippen molar-refractivity contribution in [3.8, 4) is 22.8 Å². The van der Waals surface area contributed by atoms with Crippen molar-refractivity contribution in [2.45, 2.75) is 20.3 Å². The molecule has 2 heterocycles. The van der Waals surface area contributed by atoms with Crippen LogP contribution in [-0.4, -0.2) is 24.0 Å². The molecule has 6 heteroatoms. The van der Waals surface area contributed by atoms with Gasteiger partial charge in [-0.1, -0.05) is 29.8 Å². The summed E-state index contributed by atoms with van der Waals surface area (Å²) in [7, 11) is 0. The summed E-state index contributed by atoms with van der Waals surface area (Å²) in [6.45, 7) is 5.94. The molecule has 0 saturated heterocycles. The van der Waals surface area contributed by atoms with Crippen LogP contribution in [-0.2, 0) is 0 Å². The van der Waals surface area contributed by atoms with Crippen molar-refractivity contribution in [1.82, 2.24) is 10.3 Å². The van der Waals surface area contributed by atoms with Crippen molar-refractivity contribution in [2.24, 2.45) is 4.99 Å². The molecule has 0 unspecified atom stereocenters. The Kier molecular flexibility index (Phi) is 5.07. The van der Waals surface area contributed by atoms with Crippen LogP contribution in [0.1, 0.15) is 17.5 Å². The van der Waals surface area contributed by atoms with E-state index in [9.17, 15) is 0 Å². The minimum Gasteiger partial charge on any atom is -0.456 e. The zero-order valence-corrected chi connectivity index (χ0v) is 16.3. The molecule has 0 saturated carbocycles. The average Bonchev–Trinajstić information content (AvgIpc) is 3.13. The summed E-state index contributed by atoms with van der Waals surface area (Å²) in [5.41, 5.74) is 4.20. The van der Waals surface area contributed by atoms with Crippen molar-refractivity contribution < 1.29 is 4.74 Å². The van der Waals surface area contributed by atoms with Crippen LogP contribution in [0.5, 0.6) is 11.5 Å². The molecular formula is C21H22N4OS. The van der Waals surface area contributed by atoms with E-state index in [1.165, 1.54) is 5.56 Å². The lowest BCUT2D eigenvalue weighted by molar-refractivity contribution is 0.480. The van der Waals surface area contributed by atoms with Crippen LogP contribution in [0.15, 0.2) is 52.8 Å². The van der Waals surface area contributed by atoms with Gasteiger partial charge in [0, 0.05) is 24.0 Å². The third-order valence-corrected chi connectivity index (χ3v) is 5.10. The SMILES string of the molecule is Cc1ccc(Oc2ccccc2-c2[14cH]sc(NC3=NCCCN3)n2)c(C)c1. The van der Waals surface area contributed by atoms with E-state index in [0.29, 0.717) is 0 Å². The third kappa shape index (κ3) is 4.11. The summed E-state index contributed by atoms with van der Waals surface area (Å²) in [6.07, 6.45) is 1.07. The first-order valence-corrected chi connectivity index (χ1v) is 9.92. The summed E-state index contributed by atoms with van der Waals surface area (Å²) in [6, 6.07) is 14.2. The van der Waals surface area contributed by atoms with Gasteiger partial charge in [-0.2, -0.15) is 0 Å². The number of hydrogen-bond donors (Lipinski definition) is 2. The third-order valence-electron chi connectivity index (χ3n) is 4.34. The van der Waals surface area contributed by atoms with Gasteiger partial charge < -0.3 is 15.4 Å². The smallest absolute Gasteiger partial charge is 0.197 e. The Hall–Kier alpha value is -2.86. The molecule has 0 radical (unpaired) electrons. The molecule has 5 nitrogen and oxygen atoms in total. The number of guanidine groups is 1. The van der Waals surface area contributed by atoms with Crippen LogP contribution < -0.4 is 15.4 Å². The highest BCUT2D eigenvalue weighted by Gasteiger charge is 2.13. The Morgan fingerprint density at radius 3 is 2.85 bits per heavy atom. The summed E-state index contributed by atoms with van der Waals surface area (Å²) in [5.74, 6) is 2.46. The highest BCUT2D eigenvalue weighted by molar-refractivity contribution is 7.14. The number of para-hydroxylation sites is 1. The summed E-state index contributed by atoms with van der Waals surface area (Å²) < 4.78 is 6.22. The van der Waals surface area contributed by atoms with Gasteiger partial charge in [0.25, 0.3) is 0 Å². The van der Waals surface area contributed by atoms with E-state index >= 15 is 0 Å². The quantitative estimate of drug-likeness (QED) is 0.670. The number of benzene rings is 2. The van der Waals surface area contributed by atoms with Gasteiger partial charge in [-0.25, -0.2) is 4.98 Å². The zero-order chi connectivity index (χ0) is 18.6. The van der Waals surface area contributed by atoms with E-state index in [1.54, 1.807) is 11.3 Å². The van der Waals surface area contributed by atoms with E-state index in [2.05, 4.69) is 41.6 Å². The first-order valence-electron chi connectivity index (χ1n) is 9.04. The van der Waals surface area contributed by atoms with Crippen molar-refractivity contribution in [3.05, 3.63) is 59.0 Å². The highest BCUT2D eigenvalue weighted by atomic mass is 32.1. The Labute approximate surface area is 163 Å². The summed E-state index contributed by atoms with van der Waals surface area (Å²) in [5, 5.41) is 9.37. The fourth-order valence-corrected chi connectivity index (χ4v) is 3.68. The van der Waals surface area contributed by atoms with Crippen LogP contribution in [0.4, 0.5) is 5.13 Å². The number of aliphatic imine (C=N–C) groups is 1. The molecule has 0 amide bonds. The van der Waals surface area contributed by atoms with Gasteiger partial charge >= 0.3 is 0 Å². The fourth-order valence-electron chi connectivity index (χ4n) is 2.97. The molecule has 2 aromatic carbocycles. The number of ether oxygens (including phenoxy) is 1. The summed E-state index contributed by atoms with van der Waals surface area (Å²) in [4.78, 5) is 9.15. The molecular weight excluding hydrogens is 358 g/mol. The second kappa shape index (κ2) is 7.80. The standard InChI is InChI=1S/C21H22N4OS/c1-14-8-9-18(15(2)12-14)26-19-7-4-3-6-16(19)17-13-27-21(24-17)25-20-22-10-5-11-23-20/h3-4,6-9,12-13H,5,10-11H2,1-2H3,(H2,22,23,24,25)/i13+2. The van der Waals surface area contributed by atoms with Crippen LogP contribution in [0.2, 0.25) is 0 Å². The lowest BCUT2D eigenvalue weighted by Gasteiger charge is -2.14. The number of nitrogens with one attached hydrogen (secondary N) is 2. The maximum atomic E-state index is 6.22. The van der Waals surface area contributed by atoms with Gasteiger partial charge in [-0.15, -0.1) is 11.3 Å². The van der Waals surface area contributed by atoms with Gasteiger partial charge in [0.2, 0.25) is 0 Å². The molecule has 138 valence electrons. The number of anilines is 1. The normalized spacial score (nSPS) is 13.6.